The summed E-state index contributed by atoms with van der Waals surface area (Å²) in [5.41, 5.74) is 1.97. The molecule has 1 amide bonds. The molecule has 2 aliphatic rings. The minimum Gasteiger partial charge on any atom is -0.338 e. The Morgan fingerprint density at radius 1 is 1.26 bits per heavy atom. The van der Waals surface area contributed by atoms with Crippen LogP contribution in [-0.4, -0.2) is 46.8 Å². The number of nitrogens with one attached hydrogen (secondary N) is 1. The third kappa shape index (κ3) is 2.77. The summed E-state index contributed by atoms with van der Waals surface area (Å²) in [7, 11) is 0. The standard InChI is InChI=1S/C18H22N4O/c23-17(21-11-7-18(14-21)6-2-8-19-13-18)15-4-1-5-16(12-15)22-10-3-9-20-22/h1,3-5,9-10,12,19H,2,6-8,11,13-14H2/t18-/m1/s1. The van der Waals surface area contributed by atoms with Crippen LogP contribution in [0.5, 0.6) is 0 Å². The first-order valence-corrected chi connectivity index (χ1v) is 8.36. The number of aromatic nitrogens is 2. The molecule has 0 bridgehead atoms. The highest BCUT2D eigenvalue weighted by Crippen LogP contribution is 2.36. The van der Waals surface area contributed by atoms with Gasteiger partial charge in [0.05, 0.1) is 5.69 Å². The molecule has 4 rings (SSSR count). The number of nitrogens with zero attached hydrogens (tertiary/aromatic N) is 3. The number of hydrogen-bond donors (Lipinski definition) is 1. The van der Waals surface area contributed by atoms with E-state index in [9.17, 15) is 4.79 Å². The van der Waals surface area contributed by atoms with Crippen LogP contribution in [0, 0.1) is 5.41 Å². The topological polar surface area (TPSA) is 50.2 Å². The second-order valence-corrected chi connectivity index (χ2v) is 6.76. The Balaban J connectivity index is 1.52. The highest BCUT2D eigenvalue weighted by Gasteiger charge is 2.40. The zero-order valence-corrected chi connectivity index (χ0v) is 13.2. The second-order valence-electron chi connectivity index (χ2n) is 6.76. The van der Waals surface area contributed by atoms with Gasteiger partial charge in [0.15, 0.2) is 0 Å². The lowest BCUT2D eigenvalue weighted by Gasteiger charge is -2.33. The van der Waals surface area contributed by atoms with Crippen molar-refractivity contribution < 1.29 is 4.79 Å². The quantitative estimate of drug-likeness (QED) is 0.924. The SMILES string of the molecule is O=C(c1cccc(-n2cccn2)c1)N1CC[C@@]2(CCCNC2)C1. The summed E-state index contributed by atoms with van der Waals surface area (Å²) >= 11 is 0. The van der Waals surface area contributed by atoms with Crippen molar-refractivity contribution in [2.75, 3.05) is 26.2 Å². The van der Waals surface area contributed by atoms with E-state index in [4.69, 9.17) is 0 Å². The molecule has 23 heavy (non-hydrogen) atoms. The molecular formula is C18H22N4O. The maximum atomic E-state index is 12.9. The lowest BCUT2D eigenvalue weighted by molar-refractivity contribution is 0.0764. The third-order valence-corrected chi connectivity index (χ3v) is 5.15. The molecule has 0 aliphatic carbocycles. The van der Waals surface area contributed by atoms with Crippen LogP contribution >= 0.6 is 0 Å². The molecule has 5 heteroatoms. The number of benzene rings is 1. The number of rotatable bonds is 2. The van der Waals surface area contributed by atoms with Crippen LogP contribution in [0.2, 0.25) is 0 Å². The van der Waals surface area contributed by atoms with E-state index >= 15 is 0 Å². The van der Waals surface area contributed by atoms with Crippen LogP contribution in [0.25, 0.3) is 5.69 Å². The van der Waals surface area contributed by atoms with Crippen molar-refractivity contribution in [3.8, 4) is 5.69 Å². The van der Waals surface area contributed by atoms with E-state index in [-0.39, 0.29) is 5.91 Å². The average Bonchev–Trinajstić information content (AvgIpc) is 3.26. The fourth-order valence-corrected chi connectivity index (χ4v) is 3.87. The zero-order chi connectivity index (χ0) is 15.7. The number of carbonyl (C=O) groups is 1. The molecule has 5 nitrogen and oxygen atoms in total. The molecule has 2 aromatic rings. The summed E-state index contributed by atoms with van der Waals surface area (Å²) in [4.78, 5) is 14.9. The van der Waals surface area contributed by atoms with E-state index in [0.717, 1.165) is 43.9 Å². The van der Waals surface area contributed by atoms with Gasteiger partial charge in [0, 0.05) is 43.0 Å². The van der Waals surface area contributed by atoms with Crippen LogP contribution in [0.1, 0.15) is 29.6 Å². The van der Waals surface area contributed by atoms with Crippen molar-refractivity contribution in [3.63, 3.8) is 0 Å². The minimum atomic E-state index is 0.140. The minimum absolute atomic E-state index is 0.140. The molecule has 2 fully saturated rings. The molecule has 1 N–H and O–H groups in total. The van der Waals surface area contributed by atoms with Crippen LogP contribution in [-0.2, 0) is 0 Å². The Kier molecular flexibility index (Phi) is 3.65. The summed E-state index contributed by atoms with van der Waals surface area (Å²) in [6.07, 6.45) is 7.20. The van der Waals surface area contributed by atoms with Crippen LogP contribution in [0.4, 0.5) is 0 Å². The maximum Gasteiger partial charge on any atom is 0.253 e. The maximum absolute atomic E-state index is 12.9. The van der Waals surface area contributed by atoms with Crippen LogP contribution in [0.3, 0.4) is 0 Å². The number of likely N-dealkylation sites (tertiary alicyclic amines) is 1. The Morgan fingerprint density at radius 2 is 2.22 bits per heavy atom. The monoisotopic (exact) mass is 310 g/mol. The van der Waals surface area contributed by atoms with Gasteiger partial charge in [-0.25, -0.2) is 4.68 Å². The van der Waals surface area contributed by atoms with Crippen molar-refractivity contribution >= 4 is 5.91 Å². The third-order valence-electron chi connectivity index (χ3n) is 5.15. The fourth-order valence-electron chi connectivity index (χ4n) is 3.87. The van der Waals surface area contributed by atoms with E-state index in [1.54, 1.807) is 10.9 Å². The Bertz CT molecular complexity index is 689. The summed E-state index contributed by atoms with van der Waals surface area (Å²) < 4.78 is 1.79. The first-order valence-electron chi connectivity index (χ1n) is 8.36. The van der Waals surface area contributed by atoms with Gasteiger partial charge in [-0.05, 0) is 50.1 Å². The Hall–Kier alpha value is -2.14. The zero-order valence-electron chi connectivity index (χ0n) is 13.2. The van der Waals surface area contributed by atoms with Gasteiger partial charge in [-0.1, -0.05) is 6.07 Å². The van der Waals surface area contributed by atoms with Gasteiger partial charge in [-0.3, -0.25) is 4.79 Å². The number of hydrogen-bond acceptors (Lipinski definition) is 3. The molecule has 0 unspecified atom stereocenters. The van der Waals surface area contributed by atoms with Crippen molar-refractivity contribution in [3.05, 3.63) is 48.3 Å². The largest absolute Gasteiger partial charge is 0.338 e. The highest BCUT2D eigenvalue weighted by atomic mass is 16.2. The van der Waals surface area contributed by atoms with Crippen molar-refractivity contribution in [1.29, 1.82) is 0 Å². The highest BCUT2D eigenvalue weighted by molar-refractivity contribution is 5.95. The molecule has 120 valence electrons. The normalized spacial score (nSPS) is 24.3. The summed E-state index contributed by atoms with van der Waals surface area (Å²) in [6.45, 7) is 3.91. The number of amides is 1. The van der Waals surface area contributed by atoms with Crippen LogP contribution in [0.15, 0.2) is 42.7 Å². The molecule has 1 aromatic carbocycles. The van der Waals surface area contributed by atoms with Crippen molar-refractivity contribution in [2.24, 2.45) is 5.41 Å². The van der Waals surface area contributed by atoms with Gasteiger partial charge >= 0.3 is 0 Å². The molecule has 1 aromatic heterocycles. The van der Waals surface area contributed by atoms with E-state index in [0.29, 0.717) is 5.41 Å². The average molecular weight is 310 g/mol. The molecule has 1 spiro atoms. The number of carbonyl (C=O) groups excluding carboxylic acids is 1. The lowest BCUT2D eigenvalue weighted by atomic mass is 9.80. The van der Waals surface area contributed by atoms with Gasteiger partial charge in [-0.15, -0.1) is 0 Å². The van der Waals surface area contributed by atoms with Gasteiger partial charge < -0.3 is 10.2 Å². The lowest BCUT2D eigenvalue weighted by Crippen LogP contribution is -2.42. The van der Waals surface area contributed by atoms with Gasteiger partial charge in [0.1, 0.15) is 0 Å². The predicted octanol–water partition coefficient (Wildman–Crippen LogP) is 2.09. The molecule has 0 saturated carbocycles. The molecule has 2 aliphatic heterocycles. The molecule has 0 radical (unpaired) electrons. The molecule has 2 saturated heterocycles. The fraction of sp³-hybridized carbons (Fsp3) is 0.444. The first kappa shape index (κ1) is 14.5. The second kappa shape index (κ2) is 5.81. The smallest absolute Gasteiger partial charge is 0.253 e. The molecular weight excluding hydrogens is 288 g/mol. The summed E-state index contributed by atoms with van der Waals surface area (Å²) in [5.74, 6) is 0.140. The molecule has 1 atom stereocenters. The van der Waals surface area contributed by atoms with E-state index in [1.165, 1.54) is 12.8 Å². The first-order chi connectivity index (χ1) is 11.3. The van der Waals surface area contributed by atoms with Crippen molar-refractivity contribution in [1.82, 2.24) is 20.0 Å². The van der Waals surface area contributed by atoms with E-state index in [1.807, 2.05) is 41.4 Å². The summed E-state index contributed by atoms with van der Waals surface area (Å²) in [5, 5.41) is 7.73. The van der Waals surface area contributed by atoms with Gasteiger partial charge in [0.2, 0.25) is 0 Å². The van der Waals surface area contributed by atoms with Gasteiger partial charge in [-0.2, -0.15) is 5.10 Å². The van der Waals surface area contributed by atoms with Crippen LogP contribution < -0.4 is 5.32 Å². The Morgan fingerprint density at radius 3 is 3.00 bits per heavy atom. The predicted molar refractivity (Wildman–Crippen MR) is 88.6 cm³/mol. The summed E-state index contributed by atoms with van der Waals surface area (Å²) in [6, 6.07) is 9.62. The number of piperidine rings is 1. The van der Waals surface area contributed by atoms with E-state index < -0.39 is 0 Å². The van der Waals surface area contributed by atoms with Gasteiger partial charge in [0.25, 0.3) is 5.91 Å². The Labute approximate surface area is 136 Å². The molecule has 3 heterocycles. The van der Waals surface area contributed by atoms with E-state index in [2.05, 4.69) is 10.4 Å². The van der Waals surface area contributed by atoms with Crippen molar-refractivity contribution in [2.45, 2.75) is 19.3 Å².